The average Bonchev–Trinajstić information content (AvgIpc) is 2.92. The molecule has 196 valence electrons. The summed E-state index contributed by atoms with van der Waals surface area (Å²) in [4.78, 5) is 0. The molecule has 0 atom stereocenters. The fourth-order valence-electron chi connectivity index (χ4n) is 5.40. The normalized spacial score (nSPS) is 18.0. The van der Waals surface area contributed by atoms with Gasteiger partial charge in [-0.25, -0.2) is 17.6 Å². The quantitative estimate of drug-likeness (QED) is 0.252. The summed E-state index contributed by atoms with van der Waals surface area (Å²) in [5, 5.41) is 0. The Morgan fingerprint density at radius 1 is 0.703 bits per heavy atom. The lowest BCUT2D eigenvalue weighted by Crippen LogP contribution is -2.14. The van der Waals surface area contributed by atoms with Crippen LogP contribution in [-0.2, 0) is 12.8 Å². The number of hydrogen-bond acceptors (Lipinski definition) is 0. The Balaban J connectivity index is 1.39. The predicted octanol–water partition coefficient (Wildman–Crippen LogP) is 10.2. The monoisotopic (exact) mass is 508 g/mol. The van der Waals surface area contributed by atoms with E-state index in [-0.39, 0.29) is 23.0 Å². The van der Waals surface area contributed by atoms with Crippen molar-refractivity contribution in [2.75, 3.05) is 0 Å². The van der Waals surface area contributed by atoms with E-state index in [1.54, 1.807) is 30.3 Å². The van der Waals surface area contributed by atoms with Gasteiger partial charge in [-0.3, -0.25) is 0 Å². The molecular formula is C33H36F4. The molecule has 0 N–H and O–H groups in total. The highest BCUT2D eigenvalue weighted by Crippen LogP contribution is 2.38. The largest absolute Gasteiger partial charge is 0.203 e. The molecule has 0 radical (unpaired) electrons. The van der Waals surface area contributed by atoms with E-state index in [0.717, 1.165) is 51.4 Å². The molecule has 0 amide bonds. The van der Waals surface area contributed by atoms with Crippen molar-refractivity contribution in [2.24, 2.45) is 5.92 Å². The maximum atomic E-state index is 14.9. The lowest BCUT2D eigenvalue weighted by molar-refractivity contribution is 0.364. The Morgan fingerprint density at radius 2 is 1.43 bits per heavy atom. The van der Waals surface area contributed by atoms with E-state index in [4.69, 9.17) is 0 Å². The van der Waals surface area contributed by atoms with E-state index in [9.17, 15) is 17.6 Å². The van der Waals surface area contributed by atoms with Crippen molar-refractivity contribution in [1.82, 2.24) is 0 Å². The predicted molar refractivity (Wildman–Crippen MR) is 144 cm³/mol. The topological polar surface area (TPSA) is 0 Å². The number of aryl methyl sites for hydroxylation is 2. The fourth-order valence-corrected chi connectivity index (χ4v) is 5.40. The van der Waals surface area contributed by atoms with Crippen LogP contribution in [0.1, 0.15) is 87.0 Å². The van der Waals surface area contributed by atoms with E-state index in [2.05, 4.69) is 6.92 Å². The van der Waals surface area contributed by atoms with Crippen LogP contribution in [0.3, 0.4) is 0 Å². The van der Waals surface area contributed by atoms with Gasteiger partial charge in [0.1, 0.15) is 0 Å². The first-order chi connectivity index (χ1) is 17.9. The molecule has 4 rings (SSSR count). The molecule has 0 spiro atoms. The third-order valence-corrected chi connectivity index (χ3v) is 7.67. The number of unbranched alkanes of at least 4 members (excludes halogenated alkanes) is 1. The summed E-state index contributed by atoms with van der Waals surface area (Å²) < 4.78 is 59.1. The summed E-state index contributed by atoms with van der Waals surface area (Å²) in [5.74, 6) is -2.91. The summed E-state index contributed by atoms with van der Waals surface area (Å²) in [6.07, 6.45) is 11.0. The molecule has 1 aliphatic carbocycles. The van der Waals surface area contributed by atoms with E-state index < -0.39 is 23.3 Å². The molecule has 0 heterocycles. The number of hydrogen-bond donors (Lipinski definition) is 0. The highest BCUT2D eigenvalue weighted by Gasteiger charge is 2.25. The Bertz CT molecular complexity index is 1220. The summed E-state index contributed by atoms with van der Waals surface area (Å²) in [5.41, 5.74) is 3.24. The summed E-state index contributed by atoms with van der Waals surface area (Å²) >= 11 is 0. The lowest BCUT2D eigenvalue weighted by atomic mass is 9.78. The summed E-state index contributed by atoms with van der Waals surface area (Å²) in [6.45, 7) is 4.14. The fraction of sp³-hybridized carbons (Fsp3) is 0.394. The van der Waals surface area contributed by atoms with Gasteiger partial charge >= 0.3 is 0 Å². The third-order valence-electron chi connectivity index (χ3n) is 7.67. The zero-order valence-corrected chi connectivity index (χ0v) is 21.8. The molecule has 3 aromatic carbocycles. The van der Waals surface area contributed by atoms with Crippen molar-refractivity contribution >= 4 is 6.08 Å². The van der Waals surface area contributed by atoms with Crippen molar-refractivity contribution < 1.29 is 17.6 Å². The smallest absolute Gasteiger partial charge is 0.167 e. The number of rotatable bonds is 9. The Labute approximate surface area is 218 Å². The van der Waals surface area contributed by atoms with Crippen LogP contribution in [0.2, 0.25) is 0 Å². The third kappa shape index (κ3) is 6.34. The Hall–Kier alpha value is -2.88. The minimum absolute atomic E-state index is 0.0171. The van der Waals surface area contributed by atoms with Gasteiger partial charge < -0.3 is 0 Å². The molecule has 4 heteroatoms. The molecule has 0 nitrogen and oxygen atoms in total. The van der Waals surface area contributed by atoms with Crippen molar-refractivity contribution in [2.45, 2.75) is 77.6 Å². The highest BCUT2D eigenvalue weighted by atomic mass is 19.2. The molecule has 0 saturated heterocycles. The first-order valence-electron chi connectivity index (χ1n) is 13.6. The molecule has 1 saturated carbocycles. The van der Waals surface area contributed by atoms with Gasteiger partial charge in [-0.15, -0.1) is 0 Å². The standard InChI is InChI=1S/C33H36F4/c1-3-5-7-26-18-20-28(32(36)30(26)34)25-15-10-23(11-16-25)12-17-27-19-21-29(33(37)31(27)35)24-13-8-22(6-4-2)9-14-24/h8-9,12-14,17-21,23,25H,3-7,10-11,15-16H2,1-2H3. The average molecular weight is 509 g/mol. The van der Waals surface area contributed by atoms with Crippen LogP contribution in [0.5, 0.6) is 0 Å². The van der Waals surface area contributed by atoms with Crippen LogP contribution in [0.15, 0.2) is 54.6 Å². The van der Waals surface area contributed by atoms with Crippen LogP contribution >= 0.6 is 0 Å². The first kappa shape index (κ1) is 27.2. The van der Waals surface area contributed by atoms with Crippen LogP contribution in [-0.4, -0.2) is 0 Å². The molecular weight excluding hydrogens is 472 g/mol. The second-order valence-electron chi connectivity index (χ2n) is 10.3. The van der Waals surface area contributed by atoms with E-state index >= 15 is 0 Å². The molecule has 0 bridgehead atoms. The molecule has 0 aliphatic heterocycles. The van der Waals surface area contributed by atoms with E-state index in [1.807, 2.05) is 37.3 Å². The van der Waals surface area contributed by atoms with Crippen molar-refractivity contribution in [1.29, 1.82) is 0 Å². The highest BCUT2D eigenvalue weighted by molar-refractivity contribution is 5.67. The van der Waals surface area contributed by atoms with Gasteiger partial charge in [-0.05, 0) is 79.0 Å². The zero-order chi connectivity index (χ0) is 26.4. The first-order valence-corrected chi connectivity index (χ1v) is 13.6. The minimum atomic E-state index is -0.847. The zero-order valence-electron chi connectivity index (χ0n) is 21.8. The number of benzene rings is 3. The summed E-state index contributed by atoms with van der Waals surface area (Å²) in [6, 6.07) is 14.3. The van der Waals surface area contributed by atoms with Gasteiger partial charge in [-0.2, -0.15) is 0 Å². The second kappa shape index (κ2) is 12.6. The van der Waals surface area contributed by atoms with Gasteiger partial charge in [0.2, 0.25) is 0 Å². The number of allylic oxidation sites excluding steroid dienone is 1. The SMILES string of the molecule is CCCCc1ccc(C2CCC(C=Cc3ccc(-c4ccc(CCC)cc4)c(F)c3F)CC2)c(F)c1F. The molecule has 0 aromatic heterocycles. The maximum Gasteiger partial charge on any atom is 0.167 e. The van der Waals surface area contributed by atoms with Crippen LogP contribution < -0.4 is 0 Å². The van der Waals surface area contributed by atoms with Gasteiger partial charge in [0, 0.05) is 11.1 Å². The summed E-state index contributed by atoms with van der Waals surface area (Å²) in [7, 11) is 0. The van der Waals surface area contributed by atoms with Crippen LogP contribution in [0.25, 0.3) is 17.2 Å². The van der Waals surface area contributed by atoms with E-state index in [1.165, 1.54) is 5.56 Å². The lowest BCUT2D eigenvalue weighted by Gasteiger charge is -2.27. The van der Waals surface area contributed by atoms with Crippen LogP contribution in [0, 0.1) is 29.2 Å². The molecule has 37 heavy (non-hydrogen) atoms. The van der Waals surface area contributed by atoms with Gasteiger partial charge in [0.25, 0.3) is 0 Å². The van der Waals surface area contributed by atoms with Gasteiger partial charge in [0.05, 0.1) is 0 Å². The number of halogens is 4. The Kier molecular flexibility index (Phi) is 9.23. The van der Waals surface area contributed by atoms with Crippen LogP contribution in [0.4, 0.5) is 17.6 Å². The van der Waals surface area contributed by atoms with E-state index in [0.29, 0.717) is 23.1 Å². The molecule has 0 unspecified atom stereocenters. The molecule has 3 aromatic rings. The minimum Gasteiger partial charge on any atom is -0.203 e. The van der Waals surface area contributed by atoms with Gasteiger partial charge in [0.15, 0.2) is 23.3 Å². The van der Waals surface area contributed by atoms with Gasteiger partial charge in [-0.1, -0.05) is 87.4 Å². The second-order valence-corrected chi connectivity index (χ2v) is 10.3. The maximum absolute atomic E-state index is 14.9. The molecule has 1 aliphatic rings. The van der Waals surface area contributed by atoms with Crippen molar-refractivity contribution in [3.05, 3.63) is 100 Å². The van der Waals surface area contributed by atoms with Crippen molar-refractivity contribution in [3.8, 4) is 11.1 Å². The molecule has 1 fully saturated rings. The Morgan fingerprint density at radius 3 is 2.11 bits per heavy atom. The van der Waals surface area contributed by atoms with Crippen molar-refractivity contribution in [3.63, 3.8) is 0 Å².